The Bertz CT molecular complexity index is 436. The number of hydrogen-bond acceptors (Lipinski definition) is 4. The number of nitrogens with one attached hydrogen (secondary N) is 2. The molecule has 0 bridgehead atoms. The van der Waals surface area contributed by atoms with Crippen molar-refractivity contribution in [1.29, 1.82) is 0 Å². The molecule has 1 heterocycles. The van der Waals surface area contributed by atoms with Gasteiger partial charge < -0.3 is 10.6 Å². The summed E-state index contributed by atoms with van der Waals surface area (Å²) in [4.78, 5) is 9.27. The van der Waals surface area contributed by atoms with Gasteiger partial charge in [-0.15, -0.1) is 0 Å². The Morgan fingerprint density at radius 1 is 1.10 bits per heavy atom. The molecule has 0 radical (unpaired) electrons. The van der Waals surface area contributed by atoms with Gasteiger partial charge >= 0.3 is 0 Å². The zero-order chi connectivity index (χ0) is 15.2. The van der Waals surface area contributed by atoms with Crippen LogP contribution < -0.4 is 10.6 Å². The highest BCUT2D eigenvalue weighted by Crippen LogP contribution is 2.28. The van der Waals surface area contributed by atoms with Crippen molar-refractivity contribution in [2.24, 2.45) is 5.92 Å². The molecule has 2 N–H and O–H groups in total. The van der Waals surface area contributed by atoms with Crippen LogP contribution in [0.1, 0.15) is 71.5 Å². The highest BCUT2D eigenvalue weighted by Gasteiger charge is 2.20. The van der Waals surface area contributed by atoms with Crippen molar-refractivity contribution < 1.29 is 0 Å². The molecular weight excluding hydrogens is 260 g/mol. The van der Waals surface area contributed by atoms with Crippen LogP contribution in [0.25, 0.3) is 0 Å². The lowest BCUT2D eigenvalue weighted by atomic mass is 9.84. The van der Waals surface area contributed by atoms with E-state index in [1.807, 2.05) is 6.07 Å². The maximum Gasteiger partial charge on any atom is 0.135 e. The summed E-state index contributed by atoms with van der Waals surface area (Å²) in [6.07, 6.45) is 6.53. The smallest absolute Gasteiger partial charge is 0.135 e. The average Bonchev–Trinajstić information content (AvgIpc) is 2.48. The molecule has 0 atom stereocenters. The summed E-state index contributed by atoms with van der Waals surface area (Å²) in [5.74, 6) is 4.10. The lowest BCUT2D eigenvalue weighted by Crippen LogP contribution is -2.26. The average molecular weight is 290 g/mol. The van der Waals surface area contributed by atoms with Gasteiger partial charge in [0.1, 0.15) is 17.5 Å². The van der Waals surface area contributed by atoms with Crippen LogP contribution in [0, 0.1) is 5.92 Å². The van der Waals surface area contributed by atoms with Gasteiger partial charge in [-0.25, -0.2) is 9.97 Å². The first-order chi connectivity index (χ1) is 10.1. The Morgan fingerprint density at radius 3 is 2.33 bits per heavy atom. The minimum Gasteiger partial charge on any atom is -0.370 e. The summed E-state index contributed by atoms with van der Waals surface area (Å²) in [6.45, 7) is 9.56. The highest BCUT2D eigenvalue weighted by atomic mass is 15.1. The lowest BCUT2D eigenvalue weighted by molar-refractivity contribution is 0.330. The van der Waals surface area contributed by atoms with Gasteiger partial charge in [-0.3, -0.25) is 0 Å². The summed E-state index contributed by atoms with van der Waals surface area (Å²) >= 11 is 0. The van der Waals surface area contributed by atoms with E-state index in [-0.39, 0.29) is 0 Å². The third-order valence-corrected chi connectivity index (χ3v) is 4.39. The van der Waals surface area contributed by atoms with Crippen LogP contribution in [0.2, 0.25) is 0 Å². The molecule has 1 fully saturated rings. The molecule has 1 aliphatic rings. The van der Waals surface area contributed by atoms with Crippen LogP contribution in [-0.4, -0.2) is 22.6 Å². The second-order valence-electron chi connectivity index (χ2n) is 6.45. The minimum absolute atomic E-state index is 0.347. The van der Waals surface area contributed by atoms with Crippen LogP contribution >= 0.6 is 0 Å². The predicted molar refractivity (Wildman–Crippen MR) is 89.9 cm³/mol. The van der Waals surface area contributed by atoms with E-state index in [9.17, 15) is 0 Å². The maximum absolute atomic E-state index is 4.69. The molecule has 118 valence electrons. The van der Waals surface area contributed by atoms with E-state index in [2.05, 4.69) is 48.3 Å². The zero-order valence-corrected chi connectivity index (χ0v) is 13.9. The van der Waals surface area contributed by atoms with Gasteiger partial charge in [-0.05, 0) is 38.5 Å². The van der Waals surface area contributed by atoms with Crippen molar-refractivity contribution in [2.45, 2.75) is 71.8 Å². The fourth-order valence-corrected chi connectivity index (χ4v) is 2.99. The second-order valence-corrected chi connectivity index (χ2v) is 6.45. The molecule has 1 saturated carbocycles. The lowest BCUT2D eigenvalue weighted by Gasteiger charge is -2.29. The van der Waals surface area contributed by atoms with E-state index < -0.39 is 0 Å². The molecule has 0 saturated heterocycles. The van der Waals surface area contributed by atoms with Crippen molar-refractivity contribution in [1.82, 2.24) is 9.97 Å². The molecule has 4 nitrogen and oxygen atoms in total. The summed E-state index contributed by atoms with van der Waals surface area (Å²) in [7, 11) is 0. The molecule has 4 heteroatoms. The van der Waals surface area contributed by atoms with Gasteiger partial charge in [0, 0.05) is 24.6 Å². The molecule has 0 aromatic carbocycles. The van der Waals surface area contributed by atoms with Crippen LogP contribution in [0.4, 0.5) is 11.6 Å². The van der Waals surface area contributed by atoms with Gasteiger partial charge in [0.25, 0.3) is 0 Å². The first kappa shape index (κ1) is 16.1. The summed E-state index contributed by atoms with van der Waals surface area (Å²) < 4.78 is 0. The number of anilines is 2. The molecule has 0 unspecified atom stereocenters. The third-order valence-electron chi connectivity index (χ3n) is 4.39. The summed E-state index contributed by atoms with van der Waals surface area (Å²) in [5, 5.41) is 6.93. The molecule has 0 spiro atoms. The highest BCUT2D eigenvalue weighted by molar-refractivity contribution is 5.48. The van der Waals surface area contributed by atoms with Crippen molar-refractivity contribution in [3.05, 3.63) is 11.9 Å². The summed E-state index contributed by atoms with van der Waals surface area (Å²) in [5.41, 5.74) is 0. The number of hydrogen-bond donors (Lipinski definition) is 2. The largest absolute Gasteiger partial charge is 0.370 e. The van der Waals surface area contributed by atoms with Crippen LogP contribution in [0.15, 0.2) is 6.07 Å². The fourth-order valence-electron chi connectivity index (χ4n) is 2.99. The van der Waals surface area contributed by atoms with Crippen molar-refractivity contribution in [3.8, 4) is 0 Å². The van der Waals surface area contributed by atoms with E-state index in [4.69, 9.17) is 0 Å². The van der Waals surface area contributed by atoms with E-state index in [0.29, 0.717) is 12.0 Å². The molecule has 2 rings (SSSR count). The van der Waals surface area contributed by atoms with Crippen molar-refractivity contribution in [2.75, 3.05) is 17.2 Å². The Balaban J connectivity index is 2.05. The first-order valence-corrected chi connectivity index (χ1v) is 8.51. The maximum atomic E-state index is 4.69. The predicted octanol–water partition coefficient (Wildman–Crippen LogP) is 4.41. The quantitative estimate of drug-likeness (QED) is 0.814. The van der Waals surface area contributed by atoms with E-state index in [0.717, 1.165) is 29.9 Å². The SMILES string of the molecule is CCNc1cc(NC2CCC(CC)CC2)nc(C(C)C)n1. The van der Waals surface area contributed by atoms with Gasteiger partial charge in [-0.1, -0.05) is 27.2 Å². The molecule has 0 aliphatic heterocycles. The summed E-state index contributed by atoms with van der Waals surface area (Å²) in [6, 6.07) is 2.61. The Labute approximate surface area is 129 Å². The van der Waals surface area contributed by atoms with E-state index in [1.54, 1.807) is 0 Å². The molecule has 1 aromatic rings. The van der Waals surface area contributed by atoms with E-state index >= 15 is 0 Å². The molecule has 1 aliphatic carbocycles. The Hall–Kier alpha value is -1.32. The van der Waals surface area contributed by atoms with Gasteiger partial charge in [-0.2, -0.15) is 0 Å². The monoisotopic (exact) mass is 290 g/mol. The number of aromatic nitrogens is 2. The Morgan fingerprint density at radius 2 is 1.76 bits per heavy atom. The van der Waals surface area contributed by atoms with Crippen LogP contribution in [0.3, 0.4) is 0 Å². The number of nitrogens with zero attached hydrogens (tertiary/aromatic N) is 2. The van der Waals surface area contributed by atoms with Crippen molar-refractivity contribution in [3.63, 3.8) is 0 Å². The fraction of sp³-hybridized carbons (Fsp3) is 0.765. The Kier molecular flexibility index (Phi) is 5.83. The van der Waals surface area contributed by atoms with Gasteiger partial charge in [0.05, 0.1) is 0 Å². The van der Waals surface area contributed by atoms with Crippen LogP contribution in [0.5, 0.6) is 0 Å². The number of rotatable bonds is 6. The topological polar surface area (TPSA) is 49.8 Å². The zero-order valence-electron chi connectivity index (χ0n) is 13.9. The second kappa shape index (κ2) is 7.62. The molecule has 0 amide bonds. The molecule has 1 aromatic heterocycles. The van der Waals surface area contributed by atoms with Crippen molar-refractivity contribution >= 4 is 11.6 Å². The van der Waals surface area contributed by atoms with Gasteiger partial charge in [0.15, 0.2) is 0 Å². The van der Waals surface area contributed by atoms with E-state index in [1.165, 1.54) is 32.1 Å². The standard InChI is InChI=1S/C17H30N4/c1-5-13-7-9-14(10-8-13)19-16-11-15(18-6-2)20-17(21-16)12(3)4/h11-14H,5-10H2,1-4H3,(H2,18,19,20,21). The van der Waals surface area contributed by atoms with Crippen LogP contribution in [-0.2, 0) is 0 Å². The van der Waals surface area contributed by atoms with Gasteiger partial charge in [0.2, 0.25) is 0 Å². The third kappa shape index (κ3) is 4.58. The molecular formula is C17H30N4. The molecule has 21 heavy (non-hydrogen) atoms. The normalized spacial score (nSPS) is 22.3. The minimum atomic E-state index is 0.347. The first-order valence-electron chi connectivity index (χ1n) is 8.51.